The third-order valence-electron chi connectivity index (χ3n) is 5.67. The Kier molecular flexibility index (Phi) is 6.20. The zero-order chi connectivity index (χ0) is 18.0. The van der Waals surface area contributed by atoms with Crippen LogP contribution in [-0.2, 0) is 15.1 Å². The number of halogens is 1. The molecule has 27 heavy (non-hydrogen) atoms. The summed E-state index contributed by atoms with van der Waals surface area (Å²) >= 11 is 0. The second kappa shape index (κ2) is 8.42. The summed E-state index contributed by atoms with van der Waals surface area (Å²) in [4.78, 5) is 15.6. The lowest BCUT2D eigenvalue weighted by molar-refractivity contribution is -0.167. The number of nitrogens with zero attached hydrogens (tertiary/aromatic N) is 1. The molecule has 0 spiro atoms. The van der Waals surface area contributed by atoms with Crippen LogP contribution < -0.4 is 0 Å². The summed E-state index contributed by atoms with van der Waals surface area (Å²) in [5.41, 5.74) is -0.718. The summed E-state index contributed by atoms with van der Waals surface area (Å²) in [5, 5.41) is 11.5. The van der Waals surface area contributed by atoms with Gasteiger partial charge in [0.15, 0.2) is 0 Å². The van der Waals surface area contributed by atoms with E-state index in [4.69, 9.17) is 4.74 Å². The van der Waals surface area contributed by atoms with Gasteiger partial charge in [0, 0.05) is 19.0 Å². The van der Waals surface area contributed by atoms with E-state index in [-0.39, 0.29) is 18.5 Å². The molecule has 0 bridgehead atoms. The molecule has 2 unspecified atom stereocenters. The van der Waals surface area contributed by atoms with Gasteiger partial charge < -0.3 is 9.84 Å². The Bertz CT molecular complexity index is 699. The zero-order valence-corrected chi connectivity index (χ0v) is 16.1. The van der Waals surface area contributed by atoms with Crippen LogP contribution >= 0.6 is 12.4 Å². The molecule has 2 aromatic carbocycles. The van der Waals surface area contributed by atoms with Gasteiger partial charge >= 0.3 is 5.97 Å². The first kappa shape index (κ1) is 19.9. The summed E-state index contributed by atoms with van der Waals surface area (Å²) in [6, 6.07) is 18.6. The Morgan fingerprint density at radius 3 is 2.15 bits per heavy atom. The quantitative estimate of drug-likeness (QED) is 0.815. The van der Waals surface area contributed by atoms with Crippen LogP contribution in [0.2, 0.25) is 0 Å². The standard InChI is InChI=1S/C22H25NO3.ClH/c24-21(26-20-15-19-13-7-8-14-23(19)16-20)22(25,17-9-3-1-4-10-17)18-11-5-2-6-12-18;/h1-6,9-12,19-20,25H,7-8,13-16H2;1H. The molecule has 0 aliphatic carbocycles. The summed E-state index contributed by atoms with van der Waals surface area (Å²) in [7, 11) is 0. The van der Waals surface area contributed by atoms with Gasteiger partial charge in [0.05, 0.1) is 0 Å². The van der Waals surface area contributed by atoms with Crippen molar-refractivity contribution < 1.29 is 14.6 Å². The summed E-state index contributed by atoms with van der Waals surface area (Å²) < 4.78 is 5.85. The molecule has 2 saturated heterocycles. The summed E-state index contributed by atoms with van der Waals surface area (Å²) in [5.74, 6) is -0.584. The van der Waals surface area contributed by atoms with E-state index in [1.807, 2.05) is 36.4 Å². The van der Waals surface area contributed by atoms with Crippen LogP contribution in [0.25, 0.3) is 0 Å². The highest BCUT2D eigenvalue weighted by atomic mass is 35.5. The maximum atomic E-state index is 13.1. The number of benzene rings is 2. The van der Waals surface area contributed by atoms with E-state index in [0.717, 1.165) is 19.5 Å². The second-order valence-electron chi connectivity index (χ2n) is 7.35. The van der Waals surface area contributed by atoms with Crippen molar-refractivity contribution in [1.82, 2.24) is 4.90 Å². The first-order valence-electron chi connectivity index (χ1n) is 9.46. The van der Waals surface area contributed by atoms with E-state index < -0.39 is 11.6 Å². The van der Waals surface area contributed by atoms with Gasteiger partial charge in [-0.2, -0.15) is 0 Å². The van der Waals surface area contributed by atoms with Crippen molar-refractivity contribution in [3.63, 3.8) is 0 Å². The van der Waals surface area contributed by atoms with Crippen LogP contribution in [-0.4, -0.2) is 41.2 Å². The van der Waals surface area contributed by atoms with E-state index in [9.17, 15) is 9.90 Å². The van der Waals surface area contributed by atoms with Gasteiger partial charge in [0.2, 0.25) is 5.60 Å². The summed E-state index contributed by atoms with van der Waals surface area (Å²) in [6.07, 6.45) is 4.36. The molecule has 0 aromatic heterocycles. The molecule has 2 fully saturated rings. The van der Waals surface area contributed by atoms with E-state index in [1.54, 1.807) is 24.3 Å². The first-order valence-corrected chi connectivity index (χ1v) is 9.46. The third kappa shape index (κ3) is 3.88. The number of aliphatic hydroxyl groups is 1. The fourth-order valence-corrected chi connectivity index (χ4v) is 4.29. The number of rotatable bonds is 4. The highest BCUT2D eigenvalue weighted by molar-refractivity contribution is 5.86. The molecule has 0 saturated carbocycles. The molecule has 2 aliphatic heterocycles. The van der Waals surface area contributed by atoms with Crippen LogP contribution in [0, 0.1) is 0 Å². The number of carbonyl (C=O) groups excluding carboxylic acids is 1. The van der Waals surface area contributed by atoms with Crippen LogP contribution in [0.5, 0.6) is 0 Å². The minimum atomic E-state index is -1.79. The van der Waals surface area contributed by atoms with Crippen LogP contribution in [0.4, 0.5) is 0 Å². The molecule has 2 aromatic rings. The van der Waals surface area contributed by atoms with Gasteiger partial charge in [0.25, 0.3) is 0 Å². The number of hydrogen-bond donors (Lipinski definition) is 1. The lowest BCUT2D eigenvalue weighted by atomic mass is 9.86. The molecular weight excluding hydrogens is 362 g/mol. The van der Waals surface area contributed by atoms with E-state index in [2.05, 4.69) is 4.90 Å². The average Bonchev–Trinajstić information content (AvgIpc) is 3.11. The smallest absolute Gasteiger partial charge is 0.348 e. The van der Waals surface area contributed by atoms with Crippen molar-refractivity contribution >= 4 is 18.4 Å². The van der Waals surface area contributed by atoms with E-state index in [1.165, 1.54) is 19.3 Å². The average molecular weight is 388 g/mol. The fraction of sp³-hybridized carbons (Fsp3) is 0.409. The monoisotopic (exact) mass is 387 g/mol. The molecular formula is C22H26ClNO3. The predicted molar refractivity (Wildman–Crippen MR) is 107 cm³/mol. The van der Waals surface area contributed by atoms with Crippen LogP contribution in [0.1, 0.15) is 36.8 Å². The minimum absolute atomic E-state index is 0. The first-order chi connectivity index (χ1) is 12.7. The Morgan fingerprint density at radius 2 is 1.59 bits per heavy atom. The molecule has 2 aliphatic rings. The van der Waals surface area contributed by atoms with Gasteiger partial charge in [-0.3, -0.25) is 4.90 Å². The van der Waals surface area contributed by atoms with E-state index >= 15 is 0 Å². The topological polar surface area (TPSA) is 49.8 Å². The largest absolute Gasteiger partial charge is 0.458 e. The van der Waals surface area contributed by atoms with Gasteiger partial charge in [-0.05, 0) is 30.5 Å². The molecule has 4 rings (SSSR count). The number of hydrogen-bond acceptors (Lipinski definition) is 4. The normalized spacial score (nSPS) is 22.6. The van der Waals surface area contributed by atoms with Crippen LogP contribution in [0.3, 0.4) is 0 Å². The maximum absolute atomic E-state index is 13.1. The highest BCUT2D eigenvalue weighted by Crippen LogP contribution is 2.34. The Labute approximate surface area is 166 Å². The number of piperidine rings is 1. The molecule has 5 heteroatoms. The molecule has 2 atom stereocenters. The van der Waals surface area contributed by atoms with Crippen molar-refractivity contribution in [1.29, 1.82) is 0 Å². The number of carbonyl (C=O) groups is 1. The molecule has 144 valence electrons. The van der Waals surface area contributed by atoms with Gasteiger partial charge in [-0.1, -0.05) is 67.1 Å². The predicted octanol–water partition coefficient (Wildman–Crippen LogP) is 3.51. The second-order valence-corrected chi connectivity index (χ2v) is 7.35. The number of fused-ring (bicyclic) bond motifs is 1. The Morgan fingerprint density at radius 1 is 1.00 bits per heavy atom. The zero-order valence-electron chi connectivity index (χ0n) is 15.3. The third-order valence-corrected chi connectivity index (χ3v) is 5.67. The number of ether oxygens (including phenoxy) is 1. The van der Waals surface area contributed by atoms with Gasteiger partial charge in [0.1, 0.15) is 6.10 Å². The van der Waals surface area contributed by atoms with Crippen molar-refractivity contribution in [3.8, 4) is 0 Å². The molecule has 0 radical (unpaired) electrons. The van der Waals surface area contributed by atoms with Crippen molar-refractivity contribution in [3.05, 3.63) is 71.8 Å². The fourth-order valence-electron chi connectivity index (χ4n) is 4.29. The van der Waals surface area contributed by atoms with E-state index in [0.29, 0.717) is 17.2 Å². The molecule has 1 N–H and O–H groups in total. The highest BCUT2D eigenvalue weighted by Gasteiger charge is 2.44. The van der Waals surface area contributed by atoms with Crippen molar-refractivity contribution in [2.24, 2.45) is 0 Å². The van der Waals surface area contributed by atoms with Crippen LogP contribution in [0.15, 0.2) is 60.7 Å². The maximum Gasteiger partial charge on any atom is 0.348 e. The SMILES string of the molecule is Cl.O=C(OC1CC2CCCCN2C1)C(O)(c1ccccc1)c1ccccc1. The Hall–Kier alpha value is -1.88. The molecule has 4 nitrogen and oxygen atoms in total. The molecule has 0 amide bonds. The van der Waals surface area contributed by atoms with Crippen molar-refractivity contribution in [2.45, 2.75) is 43.4 Å². The number of esters is 1. The lowest BCUT2D eigenvalue weighted by Gasteiger charge is -2.29. The summed E-state index contributed by atoms with van der Waals surface area (Å²) in [6.45, 7) is 1.86. The molecule has 2 heterocycles. The van der Waals surface area contributed by atoms with Gasteiger partial charge in [-0.25, -0.2) is 4.79 Å². The van der Waals surface area contributed by atoms with Crippen molar-refractivity contribution in [2.75, 3.05) is 13.1 Å². The lowest BCUT2D eigenvalue weighted by Crippen LogP contribution is -2.41. The minimum Gasteiger partial charge on any atom is -0.458 e. The Balaban J connectivity index is 0.00000210. The van der Waals surface area contributed by atoms with Gasteiger partial charge in [-0.15, -0.1) is 12.4 Å².